The van der Waals surface area contributed by atoms with Crippen LogP contribution in [0.4, 0.5) is 0 Å². The molecule has 88 valence electrons. The summed E-state index contributed by atoms with van der Waals surface area (Å²) in [6.07, 6.45) is 0.299. The molecule has 1 rings (SSSR count). The second-order valence-electron chi connectivity index (χ2n) is 3.62. The van der Waals surface area contributed by atoms with Crippen molar-refractivity contribution in [2.75, 3.05) is 17.3 Å². The molecular weight excluding hydrogens is 244 g/mol. The summed E-state index contributed by atoms with van der Waals surface area (Å²) >= 11 is 0. The molecule has 15 heavy (non-hydrogen) atoms. The van der Waals surface area contributed by atoms with Crippen LogP contribution >= 0.6 is 0 Å². The summed E-state index contributed by atoms with van der Waals surface area (Å²) < 4.78 is 51.4. The quantitative estimate of drug-likeness (QED) is 0.667. The largest absolute Gasteiger partial charge is 0.298 e. The molecule has 1 saturated heterocycles. The summed E-state index contributed by atoms with van der Waals surface area (Å²) in [5.74, 6) is -2.26. The Hall–Kier alpha value is -0.470. The van der Waals surface area contributed by atoms with Gasteiger partial charge in [0.25, 0.3) is 10.1 Å². The van der Waals surface area contributed by atoms with Crippen LogP contribution in [0.25, 0.3) is 0 Å². The molecule has 0 atom stereocenters. The zero-order chi connectivity index (χ0) is 11.7. The van der Waals surface area contributed by atoms with E-state index in [1.54, 1.807) is 0 Å². The van der Waals surface area contributed by atoms with Gasteiger partial charge in [0.2, 0.25) is 0 Å². The molecule has 8 heteroatoms. The number of sulfone groups is 1. The SMILES string of the molecule is O=C(CS(=O)(=O)O)C1CCS(=O)(=O)CC1. The van der Waals surface area contributed by atoms with Gasteiger partial charge in [-0.05, 0) is 12.8 Å². The molecule has 0 aliphatic carbocycles. The van der Waals surface area contributed by atoms with E-state index >= 15 is 0 Å². The summed E-state index contributed by atoms with van der Waals surface area (Å²) in [5.41, 5.74) is 0. The minimum absolute atomic E-state index is 0.0884. The molecule has 0 aromatic carbocycles. The van der Waals surface area contributed by atoms with Crippen molar-refractivity contribution in [3.8, 4) is 0 Å². The first-order chi connectivity index (χ1) is 6.70. The highest BCUT2D eigenvalue weighted by molar-refractivity contribution is 7.91. The second-order valence-corrected chi connectivity index (χ2v) is 7.37. The van der Waals surface area contributed by atoms with Gasteiger partial charge in [-0.1, -0.05) is 0 Å². The molecule has 0 aromatic heterocycles. The lowest BCUT2D eigenvalue weighted by molar-refractivity contribution is -0.120. The highest BCUT2D eigenvalue weighted by atomic mass is 32.2. The van der Waals surface area contributed by atoms with E-state index in [-0.39, 0.29) is 24.3 Å². The molecule has 1 N–H and O–H groups in total. The molecule has 0 unspecified atom stereocenters. The molecule has 1 aliphatic rings. The molecule has 0 aromatic rings. The molecule has 0 saturated carbocycles. The van der Waals surface area contributed by atoms with Crippen molar-refractivity contribution in [1.82, 2.24) is 0 Å². The first kappa shape index (κ1) is 12.6. The molecule has 0 bridgehead atoms. The Kier molecular flexibility index (Phi) is 3.51. The molecular formula is C7H12O6S2. The van der Waals surface area contributed by atoms with Crippen molar-refractivity contribution in [3.63, 3.8) is 0 Å². The van der Waals surface area contributed by atoms with Crippen LogP contribution in [0.5, 0.6) is 0 Å². The fourth-order valence-electron chi connectivity index (χ4n) is 1.51. The summed E-state index contributed by atoms with van der Waals surface area (Å²) in [7, 11) is -7.36. The van der Waals surface area contributed by atoms with Crippen LogP contribution in [-0.4, -0.2) is 44.4 Å². The molecule has 1 fully saturated rings. The molecule has 1 heterocycles. The number of carbonyl (C=O) groups excluding carboxylic acids is 1. The van der Waals surface area contributed by atoms with E-state index in [4.69, 9.17) is 4.55 Å². The lowest BCUT2D eigenvalue weighted by atomic mass is 9.99. The molecule has 0 spiro atoms. The minimum atomic E-state index is -4.30. The van der Waals surface area contributed by atoms with Crippen LogP contribution in [0, 0.1) is 5.92 Å². The maximum Gasteiger partial charge on any atom is 0.272 e. The molecule has 0 amide bonds. The van der Waals surface area contributed by atoms with Crippen LogP contribution in [0.15, 0.2) is 0 Å². The van der Waals surface area contributed by atoms with Gasteiger partial charge in [0, 0.05) is 5.92 Å². The molecule has 6 nitrogen and oxygen atoms in total. The highest BCUT2D eigenvalue weighted by Gasteiger charge is 2.30. The Labute approximate surface area is 88.3 Å². The number of hydrogen-bond donors (Lipinski definition) is 1. The van der Waals surface area contributed by atoms with E-state index in [2.05, 4.69) is 0 Å². The number of carbonyl (C=O) groups is 1. The fourth-order valence-corrected chi connectivity index (χ4v) is 3.60. The van der Waals surface area contributed by atoms with Crippen molar-refractivity contribution in [3.05, 3.63) is 0 Å². The lowest BCUT2D eigenvalue weighted by Gasteiger charge is -2.19. The summed E-state index contributed by atoms with van der Waals surface area (Å²) in [6.45, 7) is 0. The summed E-state index contributed by atoms with van der Waals surface area (Å²) in [6, 6.07) is 0. The molecule has 1 aliphatic heterocycles. The van der Waals surface area contributed by atoms with E-state index in [0.717, 1.165) is 0 Å². The van der Waals surface area contributed by atoms with Gasteiger partial charge in [0.1, 0.15) is 15.6 Å². The van der Waals surface area contributed by atoms with Crippen molar-refractivity contribution in [2.45, 2.75) is 12.8 Å². The fraction of sp³-hybridized carbons (Fsp3) is 0.857. The van der Waals surface area contributed by atoms with Gasteiger partial charge >= 0.3 is 0 Å². The third kappa shape index (κ3) is 4.27. The maximum atomic E-state index is 11.3. The van der Waals surface area contributed by atoms with Gasteiger partial charge in [-0.15, -0.1) is 0 Å². The highest BCUT2D eigenvalue weighted by Crippen LogP contribution is 2.20. The van der Waals surface area contributed by atoms with Gasteiger partial charge in [-0.2, -0.15) is 8.42 Å². The smallest absolute Gasteiger partial charge is 0.272 e. The van der Waals surface area contributed by atoms with E-state index in [1.165, 1.54) is 0 Å². The predicted octanol–water partition coefficient (Wildman–Crippen LogP) is -0.732. The minimum Gasteiger partial charge on any atom is -0.298 e. The topological polar surface area (TPSA) is 106 Å². The third-order valence-corrected chi connectivity index (χ3v) is 4.70. The average molecular weight is 256 g/mol. The summed E-state index contributed by atoms with van der Waals surface area (Å²) in [5, 5.41) is 0. The normalized spacial score (nSPS) is 22.5. The van der Waals surface area contributed by atoms with E-state index < -0.39 is 37.4 Å². The van der Waals surface area contributed by atoms with Crippen molar-refractivity contribution in [1.29, 1.82) is 0 Å². The van der Waals surface area contributed by atoms with Crippen LogP contribution in [0.2, 0.25) is 0 Å². The van der Waals surface area contributed by atoms with E-state index in [9.17, 15) is 21.6 Å². The maximum absolute atomic E-state index is 11.3. The molecule has 0 radical (unpaired) electrons. The van der Waals surface area contributed by atoms with Crippen LogP contribution in [-0.2, 0) is 24.7 Å². The number of rotatable bonds is 3. The monoisotopic (exact) mass is 256 g/mol. The van der Waals surface area contributed by atoms with Gasteiger partial charge in [0.15, 0.2) is 5.78 Å². The first-order valence-corrected chi connectivity index (χ1v) is 7.81. The van der Waals surface area contributed by atoms with Crippen molar-refractivity contribution in [2.24, 2.45) is 5.92 Å². The zero-order valence-corrected chi connectivity index (χ0v) is 9.55. The Morgan fingerprint density at radius 3 is 2.13 bits per heavy atom. The third-order valence-electron chi connectivity index (χ3n) is 2.33. The average Bonchev–Trinajstić information content (AvgIpc) is 2.00. The number of Topliss-reactive ketones (excluding diaryl/α,β-unsaturated/α-hetero) is 1. The van der Waals surface area contributed by atoms with Gasteiger partial charge < -0.3 is 0 Å². The van der Waals surface area contributed by atoms with Gasteiger partial charge in [-0.25, -0.2) is 8.42 Å². The van der Waals surface area contributed by atoms with Crippen molar-refractivity contribution >= 4 is 25.7 Å². The predicted molar refractivity (Wildman–Crippen MR) is 52.8 cm³/mol. The number of ketones is 1. The second kappa shape index (κ2) is 4.18. The van der Waals surface area contributed by atoms with Crippen LogP contribution in [0.3, 0.4) is 0 Å². The van der Waals surface area contributed by atoms with Crippen LogP contribution < -0.4 is 0 Å². The Morgan fingerprint density at radius 2 is 1.73 bits per heavy atom. The standard InChI is InChI=1S/C7H12O6S2/c8-7(5-15(11,12)13)6-1-3-14(9,10)4-2-6/h6H,1-5H2,(H,11,12,13). The van der Waals surface area contributed by atoms with Crippen LogP contribution in [0.1, 0.15) is 12.8 Å². The van der Waals surface area contributed by atoms with E-state index in [0.29, 0.717) is 0 Å². The zero-order valence-electron chi connectivity index (χ0n) is 7.92. The Balaban J connectivity index is 2.58. The first-order valence-electron chi connectivity index (χ1n) is 4.38. The van der Waals surface area contributed by atoms with Crippen molar-refractivity contribution < 1.29 is 26.2 Å². The number of hydrogen-bond acceptors (Lipinski definition) is 5. The Morgan fingerprint density at radius 1 is 1.27 bits per heavy atom. The van der Waals surface area contributed by atoms with E-state index in [1.807, 2.05) is 0 Å². The van der Waals surface area contributed by atoms with Gasteiger partial charge in [-0.3, -0.25) is 9.35 Å². The lowest BCUT2D eigenvalue weighted by Crippen LogP contribution is -2.31. The van der Waals surface area contributed by atoms with Gasteiger partial charge in [0.05, 0.1) is 11.5 Å². The Bertz CT molecular complexity index is 432. The summed E-state index contributed by atoms with van der Waals surface area (Å²) in [4.78, 5) is 11.3.